The standard InChI is InChI=1S/C9H14N2.2W/c1-6-7(2)9(4)11(5)10-8(6)3;;/h4H2,1-3,5H3;;. The van der Waals surface area contributed by atoms with Gasteiger partial charge in [-0.15, -0.1) is 0 Å². The Morgan fingerprint density at radius 2 is 1.54 bits per heavy atom. The minimum atomic E-state index is 0. The summed E-state index contributed by atoms with van der Waals surface area (Å²) >= 11 is 0. The quantitative estimate of drug-likeness (QED) is 0.481. The first kappa shape index (κ1) is 15.8. The first-order valence-corrected chi connectivity index (χ1v) is 3.70. The Morgan fingerprint density at radius 1 is 1.08 bits per heavy atom. The number of hydrazone groups is 1. The fourth-order valence-corrected chi connectivity index (χ4v) is 1.09. The van der Waals surface area contributed by atoms with Gasteiger partial charge >= 0.3 is 0 Å². The molecule has 0 bridgehead atoms. The number of nitrogens with zero attached hydrogens (tertiary/aromatic N) is 2. The zero-order valence-corrected chi connectivity index (χ0v) is 14.3. The third-order valence-corrected chi connectivity index (χ3v) is 2.23. The molecular weight excluding hydrogens is 504 g/mol. The van der Waals surface area contributed by atoms with Gasteiger partial charge in [-0.2, -0.15) is 5.10 Å². The maximum absolute atomic E-state index is 4.29. The van der Waals surface area contributed by atoms with Gasteiger partial charge in [-0.1, -0.05) is 6.58 Å². The smallest absolute Gasteiger partial charge is 0.0611 e. The fraction of sp³-hybridized carbons (Fsp3) is 0.444. The summed E-state index contributed by atoms with van der Waals surface area (Å²) in [5.41, 5.74) is 4.55. The topological polar surface area (TPSA) is 15.6 Å². The van der Waals surface area contributed by atoms with Crippen LogP contribution in [0.1, 0.15) is 20.8 Å². The minimum Gasteiger partial charge on any atom is -0.269 e. The third kappa shape index (κ3) is 3.18. The monoisotopic (exact) mass is 518 g/mol. The SMILES string of the molecule is C=C1C(C)=C(C)C(C)=NN1C.[W].[W]. The van der Waals surface area contributed by atoms with Crippen LogP contribution in [0.2, 0.25) is 0 Å². The van der Waals surface area contributed by atoms with Crippen LogP contribution in [0.5, 0.6) is 0 Å². The molecule has 1 aliphatic rings. The Hall–Kier alpha value is 0.327. The molecule has 0 atom stereocenters. The second-order valence-corrected chi connectivity index (χ2v) is 2.91. The normalized spacial score (nSPS) is 16.2. The molecule has 2 nitrogen and oxygen atoms in total. The molecule has 0 aliphatic carbocycles. The minimum absolute atomic E-state index is 0. The van der Waals surface area contributed by atoms with Gasteiger partial charge in [0.25, 0.3) is 0 Å². The second-order valence-electron chi connectivity index (χ2n) is 2.91. The molecule has 0 saturated heterocycles. The van der Waals surface area contributed by atoms with E-state index in [-0.39, 0.29) is 42.1 Å². The fourth-order valence-electron chi connectivity index (χ4n) is 1.09. The summed E-state index contributed by atoms with van der Waals surface area (Å²) in [5, 5.41) is 6.10. The Morgan fingerprint density at radius 3 is 2.00 bits per heavy atom. The van der Waals surface area contributed by atoms with E-state index in [0.717, 1.165) is 11.4 Å². The van der Waals surface area contributed by atoms with Gasteiger partial charge < -0.3 is 0 Å². The maximum Gasteiger partial charge on any atom is 0.0611 e. The van der Waals surface area contributed by atoms with Crippen LogP contribution in [0.3, 0.4) is 0 Å². The van der Waals surface area contributed by atoms with Crippen molar-refractivity contribution in [2.24, 2.45) is 5.10 Å². The summed E-state index contributed by atoms with van der Waals surface area (Å²) in [5.74, 6) is 0. The van der Waals surface area contributed by atoms with E-state index in [1.165, 1.54) is 11.1 Å². The Labute approximate surface area is 109 Å². The van der Waals surface area contributed by atoms with Crippen molar-refractivity contribution < 1.29 is 42.1 Å². The van der Waals surface area contributed by atoms with Crippen LogP contribution < -0.4 is 0 Å². The number of rotatable bonds is 0. The van der Waals surface area contributed by atoms with E-state index in [4.69, 9.17) is 0 Å². The van der Waals surface area contributed by atoms with Crippen molar-refractivity contribution in [3.05, 3.63) is 23.4 Å². The van der Waals surface area contributed by atoms with Crippen molar-refractivity contribution >= 4 is 5.71 Å². The molecule has 1 rings (SSSR count). The van der Waals surface area contributed by atoms with E-state index in [0.29, 0.717) is 0 Å². The zero-order chi connectivity index (χ0) is 8.59. The van der Waals surface area contributed by atoms with E-state index in [2.05, 4.69) is 25.5 Å². The molecule has 72 valence electrons. The largest absolute Gasteiger partial charge is 0.269 e. The zero-order valence-electron chi connectivity index (χ0n) is 8.42. The molecule has 0 fully saturated rings. The molecule has 0 N–H and O–H groups in total. The van der Waals surface area contributed by atoms with E-state index >= 15 is 0 Å². The second kappa shape index (κ2) is 5.93. The van der Waals surface area contributed by atoms with Gasteiger partial charge in [0.2, 0.25) is 0 Å². The van der Waals surface area contributed by atoms with Crippen molar-refractivity contribution in [3.8, 4) is 0 Å². The molecule has 0 radical (unpaired) electrons. The summed E-state index contributed by atoms with van der Waals surface area (Å²) in [6, 6.07) is 0. The van der Waals surface area contributed by atoms with Gasteiger partial charge in [0.1, 0.15) is 0 Å². The maximum atomic E-state index is 4.29. The van der Waals surface area contributed by atoms with Crippen LogP contribution in [0.15, 0.2) is 28.5 Å². The van der Waals surface area contributed by atoms with Crippen molar-refractivity contribution in [2.75, 3.05) is 7.05 Å². The molecular formula is C9H14N2W2. The first-order chi connectivity index (χ1) is 5.04. The molecule has 0 aromatic carbocycles. The number of hydrogen-bond donors (Lipinski definition) is 0. The summed E-state index contributed by atoms with van der Waals surface area (Å²) in [6.07, 6.45) is 0. The molecule has 0 aromatic rings. The van der Waals surface area contributed by atoms with Crippen molar-refractivity contribution in [1.82, 2.24) is 5.01 Å². The molecule has 0 amide bonds. The molecule has 1 heterocycles. The van der Waals surface area contributed by atoms with Crippen LogP contribution in [0.4, 0.5) is 0 Å². The van der Waals surface area contributed by atoms with Crippen LogP contribution in [0.25, 0.3) is 0 Å². The number of hydrogen-bond acceptors (Lipinski definition) is 2. The van der Waals surface area contributed by atoms with Crippen LogP contribution in [0, 0.1) is 0 Å². The Balaban J connectivity index is 0. The van der Waals surface area contributed by atoms with Gasteiger partial charge in [-0.05, 0) is 31.9 Å². The first-order valence-electron chi connectivity index (χ1n) is 3.70. The Bertz CT molecular complexity index is 267. The summed E-state index contributed by atoms with van der Waals surface area (Å²) in [6.45, 7) is 10.1. The molecule has 1 aliphatic heterocycles. The van der Waals surface area contributed by atoms with E-state index in [1.807, 2.05) is 19.0 Å². The molecule has 0 unspecified atom stereocenters. The van der Waals surface area contributed by atoms with Crippen LogP contribution in [-0.4, -0.2) is 17.8 Å². The average molecular weight is 518 g/mol. The van der Waals surface area contributed by atoms with E-state index < -0.39 is 0 Å². The average Bonchev–Trinajstić information content (AvgIpc) is 1.97. The third-order valence-electron chi connectivity index (χ3n) is 2.23. The summed E-state index contributed by atoms with van der Waals surface area (Å²) in [4.78, 5) is 0. The molecule has 0 spiro atoms. The van der Waals surface area contributed by atoms with E-state index in [9.17, 15) is 0 Å². The molecule has 13 heavy (non-hydrogen) atoms. The van der Waals surface area contributed by atoms with Gasteiger partial charge in [0.05, 0.1) is 11.4 Å². The predicted molar refractivity (Wildman–Crippen MR) is 48.4 cm³/mol. The summed E-state index contributed by atoms with van der Waals surface area (Å²) < 4.78 is 0. The number of likely N-dealkylation sites (N-methyl/N-ethyl adjacent to an activating group) is 1. The molecule has 0 saturated carbocycles. The van der Waals surface area contributed by atoms with E-state index in [1.54, 1.807) is 0 Å². The molecule has 4 heteroatoms. The van der Waals surface area contributed by atoms with Gasteiger partial charge in [-0.25, -0.2) is 0 Å². The Kier molecular flexibility index (Phi) is 7.20. The van der Waals surface area contributed by atoms with Crippen LogP contribution >= 0.6 is 0 Å². The van der Waals surface area contributed by atoms with Crippen molar-refractivity contribution in [1.29, 1.82) is 0 Å². The van der Waals surface area contributed by atoms with Gasteiger partial charge in [-0.3, -0.25) is 5.01 Å². The molecule has 0 aromatic heterocycles. The predicted octanol–water partition coefficient (Wildman–Crippen LogP) is 2.15. The number of allylic oxidation sites excluding steroid dienone is 2. The van der Waals surface area contributed by atoms with Crippen LogP contribution in [-0.2, 0) is 42.1 Å². The van der Waals surface area contributed by atoms with Crippen molar-refractivity contribution in [2.45, 2.75) is 20.8 Å². The van der Waals surface area contributed by atoms with Gasteiger partial charge in [0.15, 0.2) is 0 Å². The summed E-state index contributed by atoms with van der Waals surface area (Å²) in [7, 11) is 1.92. The van der Waals surface area contributed by atoms with Gasteiger partial charge in [0, 0.05) is 49.2 Å². The van der Waals surface area contributed by atoms with Crippen molar-refractivity contribution in [3.63, 3.8) is 0 Å².